The summed E-state index contributed by atoms with van der Waals surface area (Å²) in [6, 6.07) is -0.536. The van der Waals surface area contributed by atoms with Crippen molar-refractivity contribution in [3.05, 3.63) is 0 Å². The summed E-state index contributed by atoms with van der Waals surface area (Å²) < 4.78 is 25.9. The predicted octanol–water partition coefficient (Wildman–Crippen LogP) is -0.600. The van der Waals surface area contributed by atoms with Crippen LogP contribution in [0.2, 0.25) is 0 Å². The summed E-state index contributed by atoms with van der Waals surface area (Å²) in [6.07, 6.45) is 3.00. The summed E-state index contributed by atoms with van der Waals surface area (Å²) in [5.74, 6) is 0.0252. The molecule has 0 aromatic carbocycles. The minimum absolute atomic E-state index is 0.0552. The maximum Gasteiger partial charge on any atom is 0.322 e. The average Bonchev–Trinajstić information content (AvgIpc) is 3.07. The molecule has 8 heteroatoms. The second-order valence-electron chi connectivity index (χ2n) is 5.65. The molecule has 2 heterocycles. The van der Waals surface area contributed by atoms with Crippen LogP contribution >= 0.6 is 0 Å². The number of urea groups is 1. The topological polar surface area (TPSA) is 95.6 Å². The van der Waals surface area contributed by atoms with Crippen LogP contribution in [0.1, 0.15) is 25.7 Å². The van der Waals surface area contributed by atoms with Crippen molar-refractivity contribution in [1.82, 2.24) is 14.9 Å². The van der Waals surface area contributed by atoms with Crippen LogP contribution < -0.4 is 10.6 Å². The van der Waals surface area contributed by atoms with Crippen LogP contribution in [0.15, 0.2) is 0 Å². The first kappa shape index (κ1) is 12.9. The second-order valence-corrected chi connectivity index (χ2v) is 7.66. The third-order valence-corrected chi connectivity index (χ3v) is 6.00. The Hall–Kier alpha value is -1.15. The smallest absolute Gasteiger partial charge is 0.322 e. The minimum Gasteiger partial charge on any atom is -0.322 e. The molecular formula is C11H17N3O4S. The number of carbonyl (C=O) groups is 2. The lowest BCUT2D eigenvalue weighted by Gasteiger charge is -2.37. The van der Waals surface area contributed by atoms with E-state index in [9.17, 15) is 18.0 Å². The molecule has 1 unspecified atom stereocenters. The van der Waals surface area contributed by atoms with Crippen molar-refractivity contribution >= 4 is 22.0 Å². The Morgan fingerprint density at radius 2 is 2.05 bits per heavy atom. The molecule has 0 radical (unpaired) electrons. The predicted molar refractivity (Wildman–Crippen MR) is 66.7 cm³/mol. The lowest BCUT2D eigenvalue weighted by molar-refractivity contribution is -0.125. The molecule has 1 saturated carbocycles. The Morgan fingerprint density at radius 3 is 2.63 bits per heavy atom. The largest absolute Gasteiger partial charge is 0.322 e. The number of hydrogen-bond donors (Lipinski definition) is 2. The molecule has 1 aliphatic carbocycles. The molecule has 7 nitrogen and oxygen atoms in total. The van der Waals surface area contributed by atoms with Crippen molar-refractivity contribution in [2.24, 2.45) is 5.92 Å². The molecule has 3 rings (SSSR count). The van der Waals surface area contributed by atoms with Gasteiger partial charge in [0.2, 0.25) is 10.0 Å². The van der Waals surface area contributed by atoms with Crippen molar-refractivity contribution in [2.45, 2.75) is 31.2 Å². The SMILES string of the molecule is O=C1NC(=O)C2(CCCN(S(=O)(=O)CC3CC3)C2)N1. The highest BCUT2D eigenvalue weighted by molar-refractivity contribution is 7.89. The number of nitrogens with zero attached hydrogens (tertiary/aromatic N) is 1. The maximum absolute atomic E-state index is 12.2. The fraction of sp³-hybridized carbons (Fsp3) is 0.818. The van der Waals surface area contributed by atoms with Gasteiger partial charge in [0, 0.05) is 13.1 Å². The summed E-state index contributed by atoms with van der Waals surface area (Å²) in [5.41, 5.74) is -1.06. The van der Waals surface area contributed by atoms with Crippen LogP contribution in [0, 0.1) is 5.92 Å². The van der Waals surface area contributed by atoms with Gasteiger partial charge in [-0.15, -0.1) is 0 Å². The van der Waals surface area contributed by atoms with E-state index in [0.29, 0.717) is 19.4 Å². The van der Waals surface area contributed by atoms with Crippen LogP contribution in [-0.2, 0) is 14.8 Å². The first-order valence-corrected chi connectivity index (χ1v) is 8.14. The number of sulfonamides is 1. The Kier molecular flexibility index (Phi) is 2.82. The molecule has 0 bridgehead atoms. The summed E-state index contributed by atoms with van der Waals surface area (Å²) in [6.45, 7) is 0.486. The minimum atomic E-state index is -3.32. The molecule has 2 N–H and O–H groups in total. The van der Waals surface area contributed by atoms with Gasteiger partial charge in [-0.3, -0.25) is 10.1 Å². The summed E-state index contributed by atoms with van der Waals surface area (Å²) in [7, 11) is -3.32. The molecular weight excluding hydrogens is 270 g/mol. The van der Waals surface area contributed by atoms with E-state index in [-0.39, 0.29) is 18.2 Å². The highest BCUT2D eigenvalue weighted by Crippen LogP contribution is 2.33. The van der Waals surface area contributed by atoms with Crippen molar-refractivity contribution in [2.75, 3.05) is 18.8 Å². The Balaban J connectivity index is 1.77. The van der Waals surface area contributed by atoms with Crippen molar-refractivity contribution in [3.63, 3.8) is 0 Å². The number of nitrogens with one attached hydrogen (secondary N) is 2. The lowest BCUT2D eigenvalue weighted by atomic mass is 9.90. The lowest BCUT2D eigenvalue weighted by Crippen LogP contribution is -2.59. The van der Waals surface area contributed by atoms with E-state index in [4.69, 9.17) is 0 Å². The molecule has 3 fully saturated rings. The zero-order chi connectivity index (χ0) is 13.7. The molecule has 19 heavy (non-hydrogen) atoms. The fourth-order valence-corrected chi connectivity index (χ4v) is 4.72. The van der Waals surface area contributed by atoms with Crippen LogP contribution in [0.25, 0.3) is 0 Å². The van der Waals surface area contributed by atoms with E-state index in [0.717, 1.165) is 12.8 Å². The number of piperidine rings is 1. The van der Waals surface area contributed by atoms with Gasteiger partial charge in [-0.25, -0.2) is 13.2 Å². The summed E-state index contributed by atoms with van der Waals surface area (Å²) >= 11 is 0. The summed E-state index contributed by atoms with van der Waals surface area (Å²) in [5, 5.41) is 4.78. The van der Waals surface area contributed by atoms with Crippen molar-refractivity contribution < 1.29 is 18.0 Å². The van der Waals surface area contributed by atoms with E-state index >= 15 is 0 Å². The molecule has 2 saturated heterocycles. The van der Waals surface area contributed by atoms with Gasteiger partial charge in [0.05, 0.1) is 5.75 Å². The number of amides is 3. The Morgan fingerprint density at radius 1 is 1.32 bits per heavy atom. The van der Waals surface area contributed by atoms with Gasteiger partial charge in [0.15, 0.2) is 0 Å². The van der Waals surface area contributed by atoms with Crippen LogP contribution in [0.3, 0.4) is 0 Å². The van der Waals surface area contributed by atoms with Gasteiger partial charge >= 0.3 is 6.03 Å². The van der Waals surface area contributed by atoms with Crippen LogP contribution in [-0.4, -0.2) is 49.0 Å². The van der Waals surface area contributed by atoms with Gasteiger partial charge in [0.25, 0.3) is 5.91 Å². The number of rotatable bonds is 3. The highest BCUT2D eigenvalue weighted by atomic mass is 32.2. The molecule has 0 aromatic heterocycles. The first-order chi connectivity index (χ1) is 8.91. The highest BCUT2D eigenvalue weighted by Gasteiger charge is 2.50. The number of imide groups is 1. The third-order valence-electron chi connectivity index (χ3n) is 4.01. The van der Waals surface area contributed by atoms with Crippen molar-refractivity contribution in [1.29, 1.82) is 0 Å². The standard InChI is InChI=1S/C11H17N3O4S/c15-9-11(13-10(16)12-9)4-1-5-14(7-11)19(17,18)6-8-2-3-8/h8H,1-7H2,(H2,12,13,15,16). The monoisotopic (exact) mass is 287 g/mol. The van der Waals surface area contributed by atoms with E-state index in [1.165, 1.54) is 4.31 Å². The zero-order valence-electron chi connectivity index (χ0n) is 10.5. The van der Waals surface area contributed by atoms with Gasteiger partial charge in [-0.1, -0.05) is 0 Å². The van der Waals surface area contributed by atoms with Gasteiger partial charge in [-0.2, -0.15) is 4.31 Å². The van der Waals surface area contributed by atoms with Gasteiger partial charge in [0.1, 0.15) is 5.54 Å². The fourth-order valence-electron chi connectivity index (χ4n) is 2.76. The van der Waals surface area contributed by atoms with Crippen LogP contribution in [0.4, 0.5) is 4.79 Å². The second kappa shape index (κ2) is 4.17. The quantitative estimate of drug-likeness (QED) is 0.678. The zero-order valence-corrected chi connectivity index (χ0v) is 11.3. The average molecular weight is 287 g/mol. The molecule has 3 amide bonds. The van der Waals surface area contributed by atoms with E-state index < -0.39 is 27.5 Å². The Bertz CT molecular complexity index is 528. The molecule has 1 atom stereocenters. The normalized spacial score (nSPS) is 32.4. The van der Waals surface area contributed by atoms with Crippen LogP contribution in [0.5, 0.6) is 0 Å². The molecule has 3 aliphatic rings. The van der Waals surface area contributed by atoms with Gasteiger partial charge < -0.3 is 5.32 Å². The van der Waals surface area contributed by atoms with Crippen molar-refractivity contribution in [3.8, 4) is 0 Å². The maximum atomic E-state index is 12.2. The summed E-state index contributed by atoms with van der Waals surface area (Å²) in [4.78, 5) is 23.1. The molecule has 106 valence electrons. The number of hydrogen-bond acceptors (Lipinski definition) is 4. The first-order valence-electron chi connectivity index (χ1n) is 6.53. The van der Waals surface area contributed by atoms with E-state index in [1.807, 2.05) is 0 Å². The molecule has 1 spiro atoms. The van der Waals surface area contributed by atoms with Gasteiger partial charge in [-0.05, 0) is 31.6 Å². The van der Waals surface area contributed by atoms with E-state index in [1.54, 1.807) is 0 Å². The Labute approximate surface area is 111 Å². The van der Waals surface area contributed by atoms with E-state index in [2.05, 4.69) is 10.6 Å². The molecule has 2 aliphatic heterocycles. The third kappa shape index (κ3) is 2.34. The number of carbonyl (C=O) groups excluding carboxylic acids is 2. The molecule has 0 aromatic rings.